The van der Waals surface area contributed by atoms with Crippen molar-refractivity contribution in [1.29, 1.82) is 0 Å². The van der Waals surface area contributed by atoms with E-state index in [0.717, 1.165) is 17.5 Å². The lowest BCUT2D eigenvalue weighted by Crippen LogP contribution is -2.44. The lowest BCUT2D eigenvalue weighted by molar-refractivity contribution is 0.250. The number of halogens is 2. The molecule has 0 amide bonds. The molecular weight excluding hydrogens is 303 g/mol. The largest absolute Gasteiger partial charge is 0.330 e. The zero-order chi connectivity index (χ0) is 14.0. The third-order valence-electron chi connectivity index (χ3n) is 5.16. The van der Waals surface area contributed by atoms with Crippen LogP contribution in [0.1, 0.15) is 44.1 Å². The van der Waals surface area contributed by atoms with Crippen LogP contribution in [-0.4, -0.2) is 19.1 Å². The van der Waals surface area contributed by atoms with Crippen molar-refractivity contribution in [2.24, 2.45) is 11.7 Å². The van der Waals surface area contributed by atoms with Gasteiger partial charge in [0.05, 0.1) is 0 Å². The first-order valence-electron chi connectivity index (χ1n) is 7.91. The molecule has 0 atom stereocenters. The van der Waals surface area contributed by atoms with E-state index < -0.39 is 0 Å². The maximum Gasteiger partial charge on any atom is 0.0408 e. The van der Waals surface area contributed by atoms with Gasteiger partial charge >= 0.3 is 0 Å². The van der Waals surface area contributed by atoms with Crippen molar-refractivity contribution in [2.45, 2.75) is 50.0 Å². The van der Waals surface area contributed by atoms with Gasteiger partial charge in [0.25, 0.3) is 0 Å². The summed E-state index contributed by atoms with van der Waals surface area (Å²) in [6.07, 6.45) is 7.66. The molecule has 2 aliphatic rings. The molecule has 118 valence electrons. The van der Waals surface area contributed by atoms with Crippen LogP contribution < -0.4 is 11.1 Å². The highest BCUT2D eigenvalue weighted by Gasteiger charge is 2.36. The van der Waals surface area contributed by atoms with Crippen molar-refractivity contribution in [3.63, 3.8) is 0 Å². The van der Waals surface area contributed by atoms with Crippen LogP contribution >= 0.6 is 24.0 Å². The molecule has 2 saturated carbocycles. The molecule has 0 aliphatic heterocycles. The predicted octanol–water partition coefficient (Wildman–Crippen LogP) is 3.90. The summed E-state index contributed by atoms with van der Waals surface area (Å²) >= 11 is 6.15. The fraction of sp³-hybridized carbons (Fsp3) is 0.647. The molecule has 1 aromatic rings. The van der Waals surface area contributed by atoms with Crippen molar-refractivity contribution < 1.29 is 0 Å². The summed E-state index contributed by atoms with van der Waals surface area (Å²) in [6.45, 7) is 1.94. The van der Waals surface area contributed by atoms with Crippen molar-refractivity contribution in [3.8, 4) is 0 Å². The summed E-state index contributed by atoms with van der Waals surface area (Å²) in [5.74, 6) is 0.962. The quantitative estimate of drug-likeness (QED) is 0.860. The van der Waals surface area contributed by atoms with E-state index in [4.69, 9.17) is 17.3 Å². The Bertz CT molecular complexity index is 452. The van der Waals surface area contributed by atoms with E-state index in [2.05, 4.69) is 17.4 Å². The topological polar surface area (TPSA) is 38.0 Å². The minimum atomic E-state index is 0. The zero-order valence-electron chi connectivity index (χ0n) is 12.5. The average Bonchev–Trinajstić information content (AvgIpc) is 3.30. The molecule has 0 spiro atoms. The summed E-state index contributed by atoms with van der Waals surface area (Å²) in [6, 6.07) is 8.97. The van der Waals surface area contributed by atoms with Gasteiger partial charge in [0.1, 0.15) is 0 Å². The predicted molar refractivity (Wildman–Crippen MR) is 92.4 cm³/mol. The van der Waals surface area contributed by atoms with Crippen LogP contribution in [0.2, 0.25) is 5.02 Å². The fourth-order valence-electron chi connectivity index (χ4n) is 3.46. The van der Waals surface area contributed by atoms with Gasteiger partial charge in [-0.1, -0.05) is 23.7 Å². The Kier molecular flexibility index (Phi) is 5.96. The van der Waals surface area contributed by atoms with Crippen LogP contribution in [-0.2, 0) is 5.41 Å². The maximum absolute atomic E-state index is 6.15. The Balaban J connectivity index is 0.00000161. The van der Waals surface area contributed by atoms with Crippen LogP contribution in [0.5, 0.6) is 0 Å². The second-order valence-corrected chi connectivity index (χ2v) is 7.06. The maximum atomic E-state index is 6.15. The van der Waals surface area contributed by atoms with Crippen LogP contribution in [0, 0.1) is 5.92 Å². The van der Waals surface area contributed by atoms with Crippen molar-refractivity contribution in [2.75, 3.05) is 13.1 Å². The fourth-order valence-corrected chi connectivity index (χ4v) is 3.65. The SMILES string of the molecule is Cl.NCC1(c2cccc(Cl)c2)CCC(NCC2CC2)CC1. The Hall–Kier alpha value is -0.280. The van der Waals surface area contributed by atoms with Gasteiger partial charge in [0, 0.05) is 23.0 Å². The number of benzene rings is 1. The Morgan fingerprint density at radius 2 is 1.90 bits per heavy atom. The lowest BCUT2D eigenvalue weighted by Gasteiger charge is -2.40. The molecular formula is C17H26Cl2N2. The monoisotopic (exact) mass is 328 g/mol. The van der Waals surface area contributed by atoms with Gasteiger partial charge in [-0.2, -0.15) is 0 Å². The van der Waals surface area contributed by atoms with Crippen molar-refractivity contribution >= 4 is 24.0 Å². The highest BCUT2D eigenvalue weighted by atomic mass is 35.5. The Morgan fingerprint density at radius 1 is 1.19 bits per heavy atom. The summed E-state index contributed by atoms with van der Waals surface area (Å²) in [7, 11) is 0. The van der Waals surface area contributed by atoms with Gasteiger partial charge in [-0.05, 0) is 68.7 Å². The number of nitrogens with two attached hydrogens (primary N) is 1. The van der Waals surface area contributed by atoms with Gasteiger partial charge in [-0.3, -0.25) is 0 Å². The van der Waals surface area contributed by atoms with E-state index in [1.165, 1.54) is 50.6 Å². The number of hydrogen-bond acceptors (Lipinski definition) is 2. The summed E-state index contributed by atoms with van der Waals surface area (Å²) in [5.41, 5.74) is 7.60. The Morgan fingerprint density at radius 3 is 2.48 bits per heavy atom. The third-order valence-corrected chi connectivity index (χ3v) is 5.40. The lowest BCUT2D eigenvalue weighted by atomic mass is 9.68. The standard InChI is InChI=1S/C17H25ClN2.ClH/c18-15-3-1-2-14(10-15)17(12-19)8-6-16(7-9-17)20-11-13-4-5-13;/h1-3,10,13,16,20H,4-9,11-12,19H2;1H. The van der Waals surface area contributed by atoms with Crippen LogP contribution in [0.15, 0.2) is 24.3 Å². The normalized spacial score (nSPS) is 29.0. The van der Waals surface area contributed by atoms with Gasteiger partial charge in [0.15, 0.2) is 0 Å². The minimum Gasteiger partial charge on any atom is -0.330 e. The molecule has 21 heavy (non-hydrogen) atoms. The Labute approximate surface area is 139 Å². The first-order chi connectivity index (χ1) is 9.72. The van der Waals surface area contributed by atoms with E-state index in [1.807, 2.05) is 12.1 Å². The van der Waals surface area contributed by atoms with Crippen LogP contribution in [0.3, 0.4) is 0 Å². The zero-order valence-corrected chi connectivity index (χ0v) is 14.1. The van der Waals surface area contributed by atoms with Gasteiger partial charge in [-0.25, -0.2) is 0 Å². The number of hydrogen-bond donors (Lipinski definition) is 2. The molecule has 0 aromatic heterocycles. The van der Waals surface area contributed by atoms with Gasteiger partial charge in [-0.15, -0.1) is 12.4 Å². The molecule has 0 radical (unpaired) electrons. The third kappa shape index (κ3) is 4.13. The molecule has 3 rings (SSSR count). The molecule has 1 aromatic carbocycles. The molecule has 0 saturated heterocycles. The smallest absolute Gasteiger partial charge is 0.0408 e. The van der Waals surface area contributed by atoms with E-state index in [0.29, 0.717) is 6.04 Å². The molecule has 2 nitrogen and oxygen atoms in total. The van der Waals surface area contributed by atoms with Crippen LogP contribution in [0.4, 0.5) is 0 Å². The molecule has 4 heteroatoms. The first-order valence-corrected chi connectivity index (χ1v) is 8.29. The molecule has 2 aliphatic carbocycles. The van der Waals surface area contributed by atoms with E-state index in [-0.39, 0.29) is 17.8 Å². The molecule has 0 heterocycles. The summed E-state index contributed by atoms with van der Waals surface area (Å²) < 4.78 is 0. The number of nitrogens with one attached hydrogen (secondary N) is 1. The van der Waals surface area contributed by atoms with E-state index in [1.54, 1.807) is 0 Å². The first kappa shape index (κ1) is 17.1. The van der Waals surface area contributed by atoms with Crippen LogP contribution in [0.25, 0.3) is 0 Å². The molecule has 0 unspecified atom stereocenters. The highest BCUT2D eigenvalue weighted by molar-refractivity contribution is 6.30. The van der Waals surface area contributed by atoms with Crippen molar-refractivity contribution in [1.82, 2.24) is 5.32 Å². The molecule has 3 N–H and O–H groups in total. The second-order valence-electron chi connectivity index (χ2n) is 6.62. The van der Waals surface area contributed by atoms with E-state index in [9.17, 15) is 0 Å². The number of rotatable bonds is 5. The summed E-state index contributed by atoms with van der Waals surface area (Å²) in [5, 5.41) is 4.56. The van der Waals surface area contributed by atoms with Crippen molar-refractivity contribution in [3.05, 3.63) is 34.9 Å². The van der Waals surface area contributed by atoms with Gasteiger partial charge < -0.3 is 11.1 Å². The minimum absolute atomic E-state index is 0. The highest BCUT2D eigenvalue weighted by Crippen LogP contribution is 2.39. The average molecular weight is 329 g/mol. The second kappa shape index (κ2) is 7.32. The van der Waals surface area contributed by atoms with E-state index >= 15 is 0 Å². The summed E-state index contributed by atoms with van der Waals surface area (Å²) in [4.78, 5) is 0. The molecule has 0 bridgehead atoms. The molecule has 2 fully saturated rings. The van der Waals surface area contributed by atoms with Gasteiger partial charge in [0.2, 0.25) is 0 Å².